The molecular weight excluding hydrogens is 234 g/mol. The maximum Gasteiger partial charge on any atom is 0.372 e. The Labute approximate surface area is 99.2 Å². The molecular formula is C9H17NO5S. The van der Waals surface area contributed by atoms with E-state index < -0.39 is 23.8 Å². The smallest absolute Gasteiger partial charge is 0.372 e. The predicted octanol–water partition coefficient (Wildman–Crippen LogP) is 0.0143. The number of ketones is 1. The predicted molar refractivity (Wildman–Crippen MR) is 61.6 cm³/mol. The van der Waals surface area contributed by atoms with Gasteiger partial charge in [0.15, 0.2) is 0 Å². The Kier molecular flexibility index (Phi) is 9.92. The molecule has 1 atom stereocenters. The Hall–Kier alpha value is -1.08. The minimum Gasteiger partial charge on any atom is -0.480 e. The summed E-state index contributed by atoms with van der Waals surface area (Å²) in [6, 6.07) is -0.816. The lowest BCUT2D eigenvalue weighted by Gasteiger charge is -1.97. The van der Waals surface area contributed by atoms with Gasteiger partial charge < -0.3 is 15.9 Å². The molecule has 0 heterocycles. The number of aliphatic carboxylic acids is 2. The Balaban J connectivity index is 0. The first-order valence-corrected chi connectivity index (χ1v) is 5.21. The van der Waals surface area contributed by atoms with Gasteiger partial charge in [-0.2, -0.15) is 12.6 Å². The average molecular weight is 251 g/mol. The maximum atomic E-state index is 10.4. The molecule has 0 aromatic rings. The summed E-state index contributed by atoms with van der Waals surface area (Å²) in [6.07, 6.45) is 0.134. The van der Waals surface area contributed by atoms with Gasteiger partial charge in [-0.1, -0.05) is 13.8 Å². The van der Waals surface area contributed by atoms with Crippen LogP contribution >= 0.6 is 12.6 Å². The van der Waals surface area contributed by atoms with Crippen molar-refractivity contribution in [1.82, 2.24) is 0 Å². The fourth-order valence-electron chi connectivity index (χ4n) is 0.536. The van der Waals surface area contributed by atoms with Crippen LogP contribution in [0.4, 0.5) is 0 Å². The van der Waals surface area contributed by atoms with Crippen LogP contribution < -0.4 is 5.73 Å². The van der Waals surface area contributed by atoms with Crippen molar-refractivity contribution in [2.45, 2.75) is 26.3 Å². The number of rotatable bonds is 5. The van der Waals surface area contributed by atoms with Crippen molar-refractivity contribution in [1.29, 1.82) is 0 Å². The van der Waals surface area contributed by atoms with Crippen LogP contribution in [-0.2, 0) is 14.4 Å². The molecule has 0 radical (unpaired) electrons. The summed E-state index contributed by atoms with van der Waals surface area (Å²) in [7, 11) is 0. The minimum atomic E-state index is -1.33. The lowest BCUT2D eigenvalue weighted by Crippen LogP contribution is -2.31. The van der Waals surface area contributed by atoms with Gasteiger partial charge in [-0.05, 0) is 5.92 Å². The van der Waals surface area contributed by atoms with Crippen molar-refractivity contribution < 1.29 is 24.6 Å². The number of carboxylic acids is 2. The third-order valence-electron chi connectivity index (χ3n) is 1.35. The molecule has 0 aromatic heterocycles. The van der Waals surface area contributed by atoms with E-state index in [-0.39, 0.29) is 18.1 Å². The van der Waals surface area contributed by atoms with Crippen molar-refractivity contribution in [2.75, 3.05) is 5.75 Å². The van der Waals surface area contributed by atoms with Gasteiger partial charge in [-0.3, -0.25) is 9.59 Å². The molecule has 0 saturated carbocycles. The van der Waals surface area contributed by atoms with Crippen molar-refractivity contribution in [3.8, 4) is 0 Å². The Morgan fingerprint density at radius 3 is 1.75 bits per heavy atom. The SMILES string of the molecule is CC(C)CC(=O)C(=O)O.N[C@@H](CS)C(=O)O. The summed E-state index contributed by atoms with van der Waals surface area (Å²) in [5.41, 5.74) is 4.94. The minimum absolute atomic E-state index is 0.133. The highest BCUT2D eigenvalue weighted by molar-refractivity contribution is 7.80. The van der Waals surface area contributed by atoms with Gasteiger partial charge in [0.1, 0.15) is 6.04 Å². The molecule has 0 saturated heterocycles. The van der Waals surface area contributed by atoms with E-state index in [0.29, 0.717) is 0 Å². The number of carbonyl (C=O) groups is 3. The summed E-state index contributed by atoms with van der Waals surface area (Å²) >= 11 is 3.65. The van der Waals surface area contributed by atoms with Crippen molar-refractivity contribution in [3.05, 3.63) is 0 Å². The number of nitrogens with two attached hydrogens (primary N) is 1. The van der Waals surface area contributed by atoms with E-state index in [4.69, 9.17) is 15.9 Å². The Morgan fingerprint density at radius 1 is 1.25 bits per heavy atom. The van der Waals surface area contributed by atoms with Gasteiger partial charge in [-0.15, -0.1) is 0 Å². The van der Waals surface area contributed by atoms with E-state index in [2.05, 4.69) is 12.6 Å². The van der Waals surface area contributed by atoms with Crippen LogP contribution in [0, 0.1) is 5.92 Å². The highest BCUT2D eigenvalue weighted by Crippen LogP contribution is 1.99. The Morgan fingerprint density at radius 2 is 1.69 bits per heavy atom. The van der Waals surface area contributed by atoms with Crippen LogP contribution in [0.25, 0.3) is 0 Å². The standard InChI is InChI=1S/C6H10O3.C3H7NO2S/c1-4(2)3-5(7)6(8)9;4-2(1-7)3(5)6/h4H,3H2,1-2H3,(H,8,9);2,7H,1,4H2,(H,5,6)/t;2-/m.0/s1. The number of carbonyl (C=O) groups excluding carboxylic acids is 1. The molecule has 6 nitrogen and oxygen atoms in total. The first-order chi connectivity index (χ1) is 7.22. The molecule has 0 unspecified atom stereocenters. The molecule has 7 heteroatoms. The van der Waals surface area contributed by atoms with Gasteiger partial charge in [0.05, 0.1) is 0 Å². The van der Waals surface area contributed by atoms with E-state index in [0.717, 1.165) is 0 Å². The van der Waals surface area contributed by atoms with Gasteiger partial charge in [0, 0.05) is 12.2 Å². The highest BCUT2D eigenvalue weighted by atomic mass is 32.1. The van der Waals surface area contributed by atoms with Crippen LogP contribution in [0.5, 0.6) is 0 Å². The number of hydrogen-bond acceptors (Lipinski definition) is 5. The second kappa shape index (κ2) is 9.17. The number of thiol groups is 1. The van der Waals surface area contributed by atoms with Crippen molar-refractivity contribution in [2.24, 2.45) is 11.7 Å². The first-order valence-electron chi connectivity index (χ1n) is 4.57. The molecule has 16 heavy (non-hydrogen) atoms. The van der Waals surface area contributed by atoms with E-state index in [1.165, 1.54) is 0 Å². The fourth-order valence-corrected chi connectivity index (χ4v) is 0.692. The molecule has 0 aliphatic rings. The molecule has 0 aromatic carbocycles. The van der Waals surface area contributed by atoms with Gasteiger partial charge in [-0.25, -0.2) is 4.79 Å². The zero-order valence-corrected chi connectivity index (χ0v) is 10.1. The van der Waals surface area contributed by atoms with E-state index in [1.54, 1.807) is 13.8 Å². The number of carboxylic acid groups (broad SMARTS) is 2. The van der Waals surface area contributed by atoms with Gasteiger partial charge in [0.2, 0.25) is 5.78 Å². The third-order valence-corrected chi connectivity index (χ3v) is 1.74. The van der Waals surface area contributed by atoms with Crippen LogP contribution in [0.2, 0.25) is 0 Å². The highest BCUT2D eigenvalue weighted by Gasteiger charge is 2.11. The van der Waals surface area contributed by atoms with E-state index >= 15 is 0 Å². The molecule has 0 aliphatic heterocycles. The van der Waals surface area contributed by atoms with Crippen LogP contribution in [0.3, 0.4) is 0 Å². The summed E-state index contributed by atoms with van der Waals surface area (Å²) in [5, 5.41) is 16.1. The van der Waals surface area contributed by atoms with Crippen LogP contribution in [-0.4, -0.2) is 39.7 Å². The molecule has 0 spiro atoms. The molecule has 0 bridgehead atoms. The second-order valence-electron chi connectivity index (χ2n) is 3.45. The van der Waals surface area contributed by atoms with E-state index in [1.807, 2.05) is 0 Å². The normalized spacial score (nSPS) is 11.3. The topological polar surface area (TPSA) is 118 Å². The zero-order valence-electron chi connectivity index (χ0n) is 9.21. The summed E-state index contributed by atoms with van der Waals surface area (Å²) in [5.74, 6) is -2.72. The molecule has 0 aliphatic carbocycles. The van der Waals surface area contributed by atoms with E-state index in [9.17, 15) is 14.4 Å². The quantitative estimate of drug-likeness (QED) is 0.404. The molecule has 0 rings (SSSR count). The largest absolute Gasteiger partial charge is 0.480 e. The zero-order chi connectivity index (χ0) is 13.3. The molecule has 0 amide bonds. The monoisotopic (exact) mass is 251 g/mol. The second-order valence-corrected chi connectivity index (χ2v) is 3.82. The molecule has 0 fully saturated rings. The van der Waals surface area contributed by atoms with Crippen LogP contribution in [0.1, 0.15) is 20.3 Å². The van der Waals surface area contributed by atoms with Crippen molar-refractivity contribution in [3.63, 3.8) is 0 Å². The summed E-state index contributed by atoms with van der Waals surface area (Å²) in [4.78, 5) is 30.0. The molecule has 94 valence electrons. The lowest BCUT2D eigenvalue weighted by atomic mass is 10.1. The van der Waals surface area contributed by atoms with Crippen LogP contribution in [0.15, 0.2) is 0 Å². The average Bonchev–Trinajstić information content (AvgIpc) is 2.16. The summed E-state index contributed by atoms with van der Waals surface area (Å²) < 4.78 is 0. The molecule has 4 N–H and O–H groups in total. The number of Topliss-reactive ketones (excluding diaryl/α,β-unsaturated/α-hetero) is 1. The lowest BCUT2D eigenvalue weighted by molar-refractivity contribution is -0.149. The maximum absolute atomic E-state index is 10.4. The first kappa shape index (κ1) is 17.3. The third kappa shape index (κ3) is 11.0. The van der Waals surface area contributed by atoms with Gasteiger partial charge >= 0.3 is 11.9 Å². The summed E-state index contributed by atoms with van der Waals surface area (Å²) in [6.45, 7) is 3.61. The van der Waals surface area contributed by atoms with Crippen molar-refractivity contribution >= 4 is 30.4 Å². The Bertz CT molecular complexity index is 254. The van der Waals surface area contributed by atoms with Gasteiger partial charge in [0.25, 0.3) is 0 Å². The fraction of sp³-hybridized carbons (Fsp3) is 0.667. The number of hydrogen-bond donors (Lipinski definition) is 4.